The Morgan fingerprint density at radius 1 is 1.64 bits per heavy atom. The maximum absolute atomic E-state index is 12.4. The third-order valence-corrected chi connectivity index (χ3v) is 2.21. The highest BCUT2D eigenvalue weighted by atomic mass is 79.9. The van der Waals surface area contributed by atoms with Gasteiger partial charge in [0.15, 0.2) is 6.29 Å². The predicted molar refractivity (Wildman–Crippen MR) is 48.9 cm³/mol. The summed E-state index contributed by atoms with van der Waals surface area (Å²) < 4.78 is 24.8. The molecule has 0 fully saturated rings. The minimum atomic E-state index is -2.76. The van der Waals surface area contributed by atoms with Crippen LogP contribution in [0.15, 0.2) is 6.07 Å². The fraction of sp³-hybridized carbons (Fsp3) is 0.250. The van der Waals surface area contributed by atoms with Crippen LogP contribution in [0, 0.1) is 0 Å². The van der Waals surface area contributed by atoms with E-state index < -0.39 is 12.1 Å². The number of carbonyl (C=O) groups is 1. The van der Waals surface area contributed by atoms with Crippen molar-refractivity contribution in [2.45, 2.75) is 11.8 Å². The quantitative estimate of drug-likeness (QED) is 0.675. The normalized spacial score (nSPS) is 10.6. The van der Waals surface area contributed by atoms with Crippen molar-refractivity contribution in [3.8, 4) is 5.75 Å². The number of pyridine rings is 1. The van der Waals surface area contributed by atoms with Gasteiger partial charge < -0.3 is 5.11 Å². The minimum absolute atomic E-state index is 0.145. The van der Waals surface area contributed by atoms with Crippen LogP contribution in [0.25, 0.3) is 0 Å². The Kier molecular flexibility index (Phi) is 3.51. The average Bonchev–Trinajstić information content (AvgIpc) is 2.16. The van der Waals surface area contributed by atoms with Crippen molar-refractivity contribution >= 4 is 22.2 Å². The van der Waals surface area contributed by atoms with Crippen LogP contribution in [0.4, 0.5) is 8.78 Å². The fourth-order valence-electron chi connectivity index (χ4n) is 0.954. The molecule has 0 atom stereocenters. The third-order valence-electron chi connectivity index (χ3n) is 1.61. The molecule has 76 valence electrons. The maximum Gasteiger partial charge on any atom is 0.280 e. The predicted octanol–water partition coefficient (Wildman–Crippen LogP) is 2.43. The van der Waals surface area contributed by atoms with Gasteiger partial charge in [-0.05, 0) is 11.6 Å². The van der Waals surface area contributed by atoms with E-state index in [1.165, 1.54) is 0 Å². The van der Waals surface area contributed by atoms with E-state index in [1.807, 2.05) is 0 Å². The molecule has 1 N–H and O–H groups in total. The molecule has 3 nitrogen and oxygen atoms in total. The molecule has 0 amide bonds. The number of aromatic nitrogens is 1. The van der Waals surface area contributed by atoms with Gasteiger partial charge in [0.25, 0.3) is 6.43 Å². The number of halogens is 3. The van der Waals surface area contributed by atoms with Crippen LogP contribution in [0.3, 0.4) is 0 Å². The van der Waals surface area contributed by atoms with Gasteiger partial charge in [0.1, 0.15) is 17.1 Å². The number of nitrogens with zero attached hydrogens (tertiary/aromatic N) is 1. The Bertz CT molecular complexity index is 357. The topological polar surface area (TPSA) is 50.2 Å². The van der Waals surface area contributed by atoms with Gasteiger partial charge in [-0.1, -0.05) is 15.9 Å². The second-order valence-corrected chi connectivity index (χ2v) is 3.05. The Morgan fingerprint density at radius 2 is 2.29 bits per heavy atom. The summed E-state index contributed by atoms with van der Waals surface area (Å²) in [5.74, 6) is -0.390. The smallest absolute Gasteiger partial charge is 0.280 e. The molecule has 6 heteroatoms. The van der Waals surface area contributed by atoms with Crippen LogP contribution >= 0.6 is 15.9 Å². The molecule has 0 aliphatic rings. The lowest BCUT2D eigenvalue weighted by Gasteiger charge is -2.07. The van der Waals surface area contributed by atoms with Crippen molar-refractivity contribution in [3.05, 3.63) is 23.0 Å². The van der Waals surface area contributed by atoms with E-state index in [0.29, 0.717) is 0 Å². The summed E-state index contributed by atoms with van der Waals surface area (Å²) in [6.07, 6.45) is -2.53. The third kappa shape index (κ3) is 2.06. The van der Waals surface area contributed by atoms with E-state index in [9.17, 15) is 13.6 Å². The van der Waals surface area contributed by atoms with E-state index in [4.69, 9.17) is 5.11 Å². The van der Waals surface area contributed by atoms with Crippen molar-refractivity contribution in [2.24, 2.45) is 0 Å². The first-order valence-corrected chi connectivity index (χ1v) is 4.74. The second kappa shape index (κ2) is 4.45. The molecule has 14 heavy (non-hydrogen) atoms. The van der Waals surface area contributed by atoms with E-state index in [0.717, 1.165) is 6.07 Å². The molecular weight excluding hydrogens is 260 g/mol. The second-order valence-electron chi connectivity index (χ2n) is 2.49. The molecule has 0 saturated heterocycles. The summed E-state index contributed by atoms with van der Waals surface area (Å²) in [5, 5.41) is 9.31. The van der Waals surface area contributed by atoms with Gasteiger partial charge >= 0.3 is 0 Å². The lowest BCUT2D eigenvalue weighted by atomic mass is 10.2. The largest absolute Gasteiger partial charge is 0.506 e. The van der Waals surface area contributed by atoms with Gasteiger partial charge in [-0.15, -0.1) is 0 Å². The van der Waals surface area contributed by atoms with E-state index in [1.54, 1.807) is 0 Å². The van der Waals surface area contributed by atoms with Crippen LogP contribution in [0.1, 0.15) is 28.2 Å². The standard InChI is InChI=1S/C8H6BrF2NO2/c9-2-4-1-6(14)5(3-13)12-7(4)8(10)11/h1,3,8,14H,2H2. The molecule has 1 heterocycles. The highest BCUT2D eigenvalue weighted by Gasteiger charge is 2.17. The summed E-state index contributed by atoms with van der Waals surface area (Å²) in [7, 11) is 0. The molecule has 1 rings (SSSR count). The summed E-state index contributed by atoms with van der Waals surface area (Å²) >= 11 is 2.98. The lowest BCUT2D eigenvalue weighted by Crippen LogP contribution is -2.00. The molecule has 0 aromatic carbocycles. The Balaban J connectivity index is 3.32. The molecule has 0 unspecified atom stereocenters. The van der Waals surface area contributed by atoms with Crippen molar-refractivity contribution in [2.75, 3.05) is 0 Å². The average molecular weight is 266 g/mol. The van der Waals surface area contributed by atoms with Gasteiger partial charge in [0, 0.05) is 5.33 Å². The summed E-state index contributed by atoms with van der Waals surface area (Å²) in [6.45, 7) is 0. The highest BCUT2D eigenvalue weighted by molar-refractivity contribution is 9.08. The molecule has 1 aromatic heterocycles. The number of carbonyl (C=O) groups excluding carboxylic acids is 1. The first kappa shape index (κ1) is 11.0. The zero-order valence-corrected chi connectivity index (χ0v) is 8.46. The number of alkyl halides is 3. The molecule has 1 aromatic rings. The van der Waals surface area contributed by atoms with Gasteiger partial charge in [-0.3, -0.25) is 4.79 Å². The molecule has 0 radical (unpaired) electrons. The SMILES string of the molecule is O=Cc1nc(C(F)F)c(CBr)cc1O. The molecule has 0 aliphatic carbocycles. The van der Waals surface area contributed by atoms with Crippen LogP contribution in [0.5, 0.6) is 5.75 Å². The molecular formula is C8H6BrF2NO2. The number of hydrogen-bond donors (Lipinski definition) is 1. The maximum atomic E-state index is 12.4. The highest BCUT2D eigenvalue weighted by Crippen LogP contribution is 2.27. The summed E-state index contributed by atoms with van der Waals surface area (Å²) in [5.41, 5.74) is -0.685. The monoisotopic (exact) mass is 265 g/mol. The van der Waals surface area contributed by atoms with E-state index >= 15 is 0 Å². The lowest BCUT2D eigenvalue weighted by molar-refractivity contribution is 0.111. The van der Waals surface area contributed by atoms with Crippen molar-refractivity contribution in [1.82, 2.24) is 4.98 Å². The van der Waals surface area contributed by atoms with Gasteiger partial charge in [-0.25, -0.2) is 13.8 Å². The van der Waals surface area contributed by atoms with Gasteiger partial charge in [0.2, 0.25) is 0 Å². The number of hydrogen-bond acceptors (Lipinski definition) is 3. The zero-order valence-electron chi connectivity index (χ0n) is 6.88. The Hall–Kier alpha value is -1.04. The Morgan fingerprint density at radius 3 is 2.71 bits per heavy atom. The first-order chi connectivity index (χ1) is 6.60. The van der Waals surface area contributed by atoms with Crippen molar-refractivity contribution < 1.29 is 18.7 Å². The number of aromatic hydroxyl groups is 1. The van der Waals surface area contributed by atoms with Gasteiger partial charge in [0.05, 0.1) is 0 Å². The minimum Gasteiger partial charge on any atom is -0.506 e. The van der Waals surface area contributed by atoms with Crippen LogP contribution < -0.4 is 0 Å². The van der Waals surface area contributed by atoms with Crippen LogP contribution in [0.2, 0.25) is 0 Å². The summed E-state index contributed by atoms with van der Waals surface area (Å²) in [4.78, 5) is 13.7. The van der Waals surface area contributed by atoms with Crippen LogP contribution in [-0.4, -0.2) is 16.4 Å². The molecule has 0 bridgehead atoms. The zero-order chi connectivity index (χ0) is 10.7. The Labute approximate surface area is 86.9 Å². The number of aldehydes is 1. The molecule has 0 saturated carbocycles. The van der Waals surface area contributed by atoms with Crippen molar-refractivity contribution in [3.63, 3.8) is 0 Å². The van der Waals surface area contributed by atoms with E-state index in [-0.39, 0.29) is 28.6 Å². The first-order valence-electron chi connectivity index (χ1n) is 3.62. The molecule has 0 aliphatic heterocycles. The van der Waals surface area contributed by atoms with Crippen molar-refractivity contribution in [1.29, 1.82) is 0 Å². The van der Waals surface area contributed by atoms with Gasteiger partial charge in [-0.2, -0.15) is 0 Å². The summed E-state index contributed by atoms with van der Waals surface area (Å²) in [6, 6.07) is 1.10. The van der Waals surface area contributed by atoms with Crippen LogP contribution in [-0.2, 0) is 5.33 Å². The fourth-order valence-corrected chi connectivity index (χ4v) is 1.40. The van der Waals surface area contributed by atoms with E-state index in [2.05, 4.69) is 20.9 Å². The molecule has 0 spiro atoms. The number of rotatable bonds is 3.